The van der Waals surface area contributed by atoms with Gasteiger partial charge in [0.05, 0.1) is 26.4 Å². The van der Waals surface area contributed by atoms with Crippen LogP contribution in [0.5, 0.6) is 17.2 Å². The maximum Gasteiger partial charge on any atom is 0.338 e. The van der Waals surface area contributed by atoms with Crippen LogP contribution in [0.1, 0.15) is 22.8 Å². The number of methoxy groups -OCH3 is 2. The molecule has 0 aromatic heterocycles. The van der Waals surface area contributed by atoms with E-state index in [1.165, 1.54) is 32.4 Å². The summed E-state index contributed by atoms with van der Waals surface area (Å²) in [5.41, 5.74) is 5.60. The van der Waals surface area contributed by atoms with Gasteiger partial charge in [0.1, 0.15) is 5.75 Å². The van der Waals surface area contributed by atoms with Gasteiger partial charge in [-0.05, 0) is 55.0 Å². The molecule has 0 fully saturated rings. The van der Waals surface area contributed by atoms with Crippen LogP contribution >= 0.6 is 0 Å². The Morgan fingerprint density at radius 3 is 2.29 bits per heavy atom. The average molecular weight is 428 g/mol. The Balaban J connectivity index is 1.77. The molecule has 2 rings (SSSR count). The maximum atomic E-state index is 11.9. The number of carbonyl (C=O) groups is 3. The third-order valence-corrected chi connectivity index (χ3v) is 3.90. The minimum absolute atomic E-state index is 0.284. The maximum absolute atomic E-state index is 11.9. The van der Waals surface area contributed by atoms with Crippen molar-refractivity contribution in [2.75, 3.05) is 27.4 Å². The standard InChI is InChI=1S/C22H24N2O7/c1-4-30-22(27)16-7-9-17(10-8-16)31-14-21(26)24-23-20(25)12-6-15-5-11-18(28-2)19(13-15)29-3/h5-13H,4,14H2,1-3H3,(H,23,25)(H,24,26). The summed E-state index contributed by atoms with van der Waals surface area (Å²) in [7, 11) is 3.05. The summed E-state index contributed by atoms with van der Waals surface area (Å²) in [5, 5.41) is 0. The van der Waals surface area contributed by atoms with E-state index >= 15 is 0 Å². The van der Waals surface area contributed by atoms with Crippen LogP contribution in [0, 0.1) is 0 Å². The van der Waals surface area contributed by atoms with Crippen molar-refractivity contribution in [3.05, 3.63) is 59.7 Å². The number of rotatable bonds is 9. The number of carbonyl (C=O) groups excluding carboxylic acids is 3. The molecule has 0 heterocycles. The molecule has 2 N–H and O–H groups in total. The van der Waals surface area contributed by atoms with Gasteiger partial charge in [0.25, 0.3) is 11.8 Å². The van der Waals surface area contributed by atoms with Gasteiger partial charge < -0.3 is 18.9 Å². The van der Waals surface area contributed by atoms with Crippen molar-refractivity contribution in [1.29, 1.82) is 0 Å². The van der Waals surface area contributed by atoms with Crippen molar-refractivity contribution in [2.24, 2.45) is 0 Å². The summed E-state index contributed by atoms with van der Waals surface area (Å²) < 4.78 is 20.6. The van der Waals surface area contributed by atoms with E-state index in [0.717, 1.165) is 0 Å². The Bertz CT molecular complexity index is 939. The lowest BCUT2D eigenvalue weighted by atomic mass is 10.2. The first-order valence-electron chi connectivity index (χ1n) is 9.35. The van der Waals surface area contributed by atoms with Gasteiger partial charge in [-0.1, -0.05) is 6.07 Å². The summed E-state index contributed by atoms with van der Waals surface area (Å²) in [6.45, 7) is 1.68. The average Bonchev–Trinajstić information content (AvgIpc) is 2.80. The highest BCUT2D eigenvalue weighted by Gasteiger charge is 2.08. The van der Waals surface area contributed by atoms with Crippen LogP contribution < -0.4 is 25.1 Å². The number of nitrogens with one attached hydrogen (secondary N) is 2. The van der Waals surface area contributed by atoms with Crippen molar-refractivity contribution in [2.45, 2.75) is 6.92 Å². The van der Waals surface area contributed by atoms with Gasteiger partial charge in [-0.25, -0.2) is 4.79 Å². The topological polar surface area (TPSA) is 112 Å². The first kappa shape index (κ1) is 23.3. The molecule has 0 radical (unpaired) electrons. The fraction of sp³-hybridized carbons (Fsp3) is 0.227. The largest absolute Gasteiger partial charge is 0.493 e. The van der Waals surface area contributed by atoms with Gasteiger partial charge in [0, 0.05) is 6.08 Å². The molecule has 0 spiro atoms. The molecule has 164 valence electrons. The fourth-order valence-corrected chi connectivity index (χ4v) is 2.39. The number of ether oxygens (including phenoxy) is 4. The monoisotopic (exact) mass is 428 g/mol. The molecule has 0 aliphatic carbocycles. The summed E-state index contributed by atoms with van der Waals surface area (Å²) in [6, 6.07) is 11.3. The lowest BCUT2D eigenvalue weighted by molar-refractivity contribution is -0.128. The van der Waals surface area contributed by atoms with E-state index in [1.807, 2.05) is 0 Å². The summed E-state index contributed by atoms with van der Waals surface area (Å²) in [4.78, 5) is 35.3. The van der Waals surface area contributed by atoms with Crippen molar-refractivity contribution < 1.29 is 33.3 Å². The molecule has 2 amide bonds. The molecule has 0 atom stereocenters. The van der Waals surface area contributed by atoms with Crippen LogP contribution in [-0.2, 0) is 14.3 Å². The summed E-state index contributed by atoms with van der Waals surface area (Å²) in [5.74, 6) is -0.0135. The highest BCUT2D eigenvalue weighted by atomic mass is 16.5. The van der Waals surface area contributed by atoms with E-state index in [0.29, 0.717) is 28.4 Å². The van der Waals surface area contributed by atoms with E-state index in [4.69, 9.17) is 18.9 Å². The van der Waals surface area contributed by atoms with Gasteiger partial charge in [0.2, 0.25) is 0 Å². The van der Waals surface area contributed by atoms with Gasteiger partial charge >= 0.3 is 5.97 Å². The number of hydrazine groups is 1. The first-order chi connectivity index (χ1) is 15.0. The first-order valence-corrected chi connectivity index (χ1v) is 9.35. The second-order valence-electron chi connectivity index (χ2n) is 6.02. The van der Waals surface area contributed by atoms with Crippen LogP contribution in [0.15, 0.2) is 48.5 Å². The van der Waals surface area contributed by atoms with Gasteiger partial charge in [-0.3, -0.25) is 20.4 Å². The fourth-order valence-electron chi connectivity index (χ4n) is 2.39. The molecule has 0 aliphatic rings. The zero-order valence-corrected chi connectivity index (χ0v) is 17.5. The van der Waals surface area contributed by atoms with Crippen LogP contribution in [0.3, 0.4) is 0 Å². The van der Waals surface area contributed by atoms with E-state index < -0.39 is 17.8 Å². The minimum atomic E-state index is -0.553. The Morgan fingerprint density at radius 2 is 1.65 bits per heavy atom. The van der Waals surface area contributed by atoms with E-state index in [1.54, 1.807) is 43.3 Å². The molecule has 0 unspecified atom stereocenters. The predicted molar refractivity (Wildman–Crippen MR) is 113 cm³/mol. The quantitative estimate of drug-likeness (QED) is 0.357. The number of benzene rings is 2. The number of amides is 2. The molecule has 31 heavy (non-hydrogen) atoms. The molecular weight excluding hydrogens is 404 g/mol. The number of hydrogen-bond donors (Lipinski definition) is 2. The molecule has 0 aliphatic heterocycles. The highest BCUT2D eigenvalue weighted by Crippen LogP contribution is 2.27. The normalized spacial score (nSPS) is 10.3. The third kappa shape index (κ3) is 7.39. The zero-order chi connectivity index (χ0) is 22.6. The molecule has 0 saturated heterocycles. The van der Waals surface area contributed by atoms with Gasteiger partial charge in [-0.2, -0.15) is 0 Å². The Morgan fingerprint density at radius 1 is 0.935 bits per heavy atom. The van der Waals surface area contributed by atoms with Crippen LogP contribution in [0.4, 0.5) is 0 Å². The molecule has 2 aromatic carbocycles. The lowest BCUT2D eigenvalue weighted by Crippen LogP contribution is -2.43. The summed E-state index contributed by atoms with van der Waals surface area (Å²) >= 11 is 0. The Labute approximate surface area is 179 Å². The highest BCUT2D eigenvalue weighted by molar-refractivity contribution is 5.93. The second-order valence-corrected chi connectivity index (χ2v) is 6.02. The predicted octanol–water partition coefficient (Wildman–Crippen LogP) is 2.12. The van der Waals surface area contributed by atoms with Gasteiger partial charge in [-0.15, -0.1) is 0 Å². The molecular formula is C22H24N2O7. The smallest absolute Gasteiger partial charge is 0.338 e. The number of esters is 1. The molecule has 0 bridgehead atoms. The van der Waals surface area contributed by atoms with Crippen molar-refractivity contribution in [1.82, 2.24) is 10.9 Å². The Kier molecular flexibility index (Phi) is 8.90. The Hall–Kier alpha value is -4.01. The molecule has 9 heteroatoms. The van der Waals surface area contributed by atoms with E-state index in [2.05, 4.69) is 10.9 Å². The molecule has 2 aromatic rings. The second kappa shape index (κ2) is 11.9. The van der Waals surface area contributed by atoms with Crippen molar-refractivity contribution >= 4 is 23.9 Å². The van der Waals surface area contributed by atoms with Crippen LogP contribution in [0.2, 0.25) is 0 Å². The summed E-state index contributed by atoms with van der Waals surface area (Å²) in [6.07, 6.45) is 2.82. The van der Waals surface area contributed by atoms with Crippen LogP contribution in [-0.4, -0.2) is 45.2 Å². The minimum Gasteiger partial charge on any atom is -0.493 e. The van der Waals surface area contributed by atoms with E-state index in [9.17, 15) is 14.4 Å². The SMILES string of the molecule is CCOC(=O)c1ccc(OCC(=O)NNC(=O)C=Cc2ccc(OC)c(OC)c2)cc1. The van der Waals surface area contributed by atoms with Crippen molar-refractivity contribution in [3.63, 3.8) is 0 Å². The molecule has 0 saturated carbocycles. The van der Waals surface area contributed by atoms with Gasteiger partial charge in [0.15, 0.2) is 18.1 Å². The molecule has 9 nitrogen and oxygen atoms in total. The number of hydrogen-bond acceptors (Lipinski definition) is 7. The van der Waals surface area contributed by atoms with Crippen molar-refractivity contribution in [3.8, 4) is 17.2 Å². The lowest BCUT2D eigenvalue weighted by Gasteiger charge is -2.08. The third-order valence-electron chi connectivity index (χ3n) is 3.90. The zero-order valence-electron chi connectivity index (χ0n) is 17.5. The van der Waals surface area contributed by atoms with E-state index in [-0.39, 0.29) is 13.2 Å². The van der Waals surface area contributed by atoms with Crippen LogP contribution in [0.25, 0.3) is 6.08 Å².